The maximum absolute atomic E-state index is 13.1. The lowest BCUT2D eigenvalue weighted by molar-refractivity contribution is -0.136. The smallest absolute Gasteiger partial charge is 0.228 e. The molecular formula is C23H27N3O3. The minimum Gasteiger partial charge on any atom is -0.497 e. The van der Waals surface area contributed by atoms with Crippen molar-refractivity contribution in [3.05, 3.63) is 54.1 Å². The van der Waals surface area contributed by atoms with Gasteiger partial charge in [0.25, 0.3) is 0 Å². The van der Waals surface area contributed by atoms with E-state index in [1.165, 1.54) is 11.3 Å². The third kappa shape index (κ3) is 3.92. The molecule has 2 fully saturated rings. The van der Waals surface area contributed by atoms with Gasteiger partial charge in [0.15, 0.2) is 0 Å². The van der Waals surface area contributed by atoms with E-state index in [0.717, 1.165) is 18.8 Å². The van der Waals surface area contributed by atoms with Crippen molar-refractivity contribution < 1.29 is 14.3 Å². The first-order chi connectivity index (χ1) is 14.1. The van der Waals surface area contributed by atoms with Crippen LogP contribution >= 0.6 is 0 Å². The molecule has 0 aromatic heterocycles. The quantitative estimate of drug-likeness (QED) is 0.802. The van der Waals surface area contributed by atoms with Crippen LogP contribution in [0.3, 0.4) is 0 Å². The highest BCUT2D eigenvalue weighted by Gasteiger charge is 2.38. The van der Waals surface area contributed by atoms with Gasteiger partial charge in [-0.15, -0.1) is 0 Å². The highest BCUT2D eigenvalue weighted by atomic mass is 16.5. The van der Waals surface area contributed by atoms with E-state index in [4.69, 9.17) is 4.74 Å². The molecule has 0 saturated carbocycles. The predicted molar refractivity (Wildman–Crippen MR) is 113 cm³/mol. The Balaban J connectivity index is 1.38. The highest BCUT2D eigenvalue weighted by molar-refractivity contribution is 6.00. The van der Waals surface area contributed by atoms with E-state index in [0.29, 0.717) is 25.4 Å². The lowest BCUT2D eigenvalue weighted by Crippen LogP contribution is -2.50. The minimum absolute atomic E-state index is 0.00449. The second-order valence-electron chi connectivity index (χ2n) is 7.71. The molecule has 2 aliphatic rings. The van der Waals surface area contributed by atoms with Gasteiger partial charge >= 0.3 is 0 Å². The highest BCUT2D eigenvalue weighted by Crippen LogP contribution is 2.29. The molecule has 0 bridgehead atoms. The number of rotatable bonds is 4. The molecule has 0 spiro atoms. The molecule has 6 nitrogen and oxygen atoms in total. The molecule has 0 unspecified atom stereocenters. The Morgan fingerprint density at radius 2 is 1.79 bits per heavy atom. The van der Waals surface area contributed by atoms with Crippen LogP contribution in [-0.2, 0) is 9.59 Å². The van der Waals surface area contributed by atoms with Gasteiger partial charge in [-0.1, -0.05) is 24.3 Å². The van der Waals surface area contributed by atoms with E-state index >= 15 is 0 Å². The van der Waals surface area contributed by atoms with E-state index in [9.17, 15) is 9.59 Å². The fraction of sp³-hybridized carbons (Fsp3) is 0.391. The van der Waals surface area contributed by atoms with Crippen LogP contribution in [0, 0.1) is 12.8 Å². The van der Waals surface area contributed by atoms with Crippen LogP contribution in [-0.4, -0.2) is 56.5 Å². The summed E-state index contributed by atoms with van der Waals surface area (Å²) in [5.74, 6) is 0.513. The summed E-state index contributed by atoms with van der Waals surface area (Å²) in [6.45, 7) is 5.56. The number of para-hydroxylation sites is 1. The number of aryl methyl sites for hydroxylation is 1. The Labute approximate surface area is 171 Å². The summed E-state index contributed by atoms with van der Waals surface area (Å²) >= 11 is 0. The van der Waals surface area contributed by atoms with Gasteiger partial charge in [-0.2, -0.15) is 0 Å². The Kier molecular flexibility index (Phi) is 5.43. The first-order valence-corrected chi connectivity index (χ1v) is 10.1. The van der Waals surface area contributed by atoms with Gasteiger partial charge in [-0.3, -0.25) is 9.59 Å². The van der Waals surface area contributed by atoms with E-state index in [1.54, 1.807) is 12.0 Å². The van der Waals surface area contributed by atoms with Crippen molar-refractivity contribution in [2.75, 3.05) is 49.6 Å². The largest absolute Gasteiger partial charge is 0.497 e. The molecule has 2 saturated heterocycles. The van der Waals surface area contributed by atoms with Crippen LogP contribution in [0.5, 0.6) is 5.75 Å². The van der Waals surface area contributed by atoms with Gasteiger partial charge in [-0.05, 0) is 30.7 Å². The standard InChI is InChI=1S/C23H27N3O3/c1-17-6-3-4-9-21(17)24-10-12-25(13-11-24)23(28)18-14-22(27)26(16-18)19-7-5-8-20(15-19)29-2/h3-9,15,18H,10-14,16H2,1-2H3/t18-/m1/s1. The van der Waals surface area contributed by atoms with Gasteiger partial charge in [0.2, 0.25) is 11.8 Å². The fourth-order valence-corrected chi connectivity index (χ4v) is 4.25. The Morgan fingerprint density at radius 1 is 1.03 bits per heavy atom. The molecule has 29 heavy (non-hydrogen) atoms. The second-order valence-corrected chi connectivity index (χ2v) is 7.71. The summed E-state index contributed by atoms with van der Waals surface area (Å²) in [4.78, 5) is 31.6. The van der Waals surface area contributed by atoms with Crippen LogP contribution < -0.4 is 14.5 Å². The van der Waals surface area contributed by atoms with Crippen molar-refractivity contribution in [1.29, 1.82) is 0 Å². The lowest BCUT2D eigenvalue weighted by Gasteiger charge is -2.37. The van der Waals surface area contributed by atoms with Crippen LogP contribution in [0.2, 0.25) is 0 Å². The number of benzene rings is 2. The molecule has 2 aromatic carbocycles. The summed E-state index contributed by atoms with van der Waals surface area (Å²) in [6, 6.07) is 15.8. The second kappa shape index (κ2) is 8.15. The van der Waals surface area contributed by atoms with Gasteiger partial charge in [0.05, 0.1) is 13.0 Å². The molecule has 0 aliphatic carbocycles. The van der Waals surface area contributed by atoms with Gasteiger partial charge < -0.3 is 19.4 Å². The summed E-state index contributed by atoms with van der Waals surface area (Å²) < 4.78 is 5.26. The number of amides is 2. The zero-order valence-corrected chi connectivity index (χ0v) is 17.0. The van der Waals surface area contributed by atoms with E-state index in [2.05, 4.69) is 30.0 Å². The average molecular weight is 393 g/mol. The molecule has 2 heterocycles. The van der Waals surface area contributed by atoms with Crippen molar-refractivity contribution in [3.63, 3.8) is 0 Å². The number of ether oxygens (including phenoxy) is 1. The third-order valence-corrected chi connectivity index (χ3v) is 5.89. The number of methoxy groups -OCH3 is 1. The summed E-state index contributed by atoms with van der Waals surface area (Å²) in [5.41, 5.74) is 3.27. The van der Waals surface area contributed by atoms with Gasteiger partial charge in [0.1, 0.15) is 5.75 Å². The third-order valence-electron chi connectivity index (χ3n) is 5.89. The van der Waals surface area contributed by atoms with Crippen molar-refractivity contribution >= 4 is 23.2 Å². The molecule has 0 radical (unpaired) electrons. The van der Waals surface area contributed by atoms with Crippen LogP contribution in [0.15, 0.2) is 48.5 Å². The number of hydrogen-bond acceptors (Lipinski definition) is 4. The number of carbonyl (C=O) groups is 2. The van der Waals surface area contributed by atoms with Crippen LogP contribution in [0.25, 0.3) is 0 Å². The average Bonchev–Trinajstić information content (AvgIpc) is 3.15. The predicted octanol–water partition coefficient (Wildman–Crippen LogP) is 2.71. The van der Waals surface area contributed by atoms with Crippen molar-refractivity contribution in [2.24, 2.45) is 5.92 Å². The molecule has 2 aromatic rings. The molecule has 4 rings (SSSR count). The molecule has 6 heteroatoms. The molecule has 0 N–H and O–H groups in total. The Morgan fingerprint density at radius 3 is 2.52 bits per heavy atom. The number of anilines is 2. The summed E-state index contributed by atoms with van der Waals surface area (Å²) in [5, 5.41) is 0. The number of hydrogen-bond donors (Lipinski definition) is 0. The molecular weight excluding hydrogens is 366 g/mol. The van der Waals surface area contributed by atoms with Gasteiger partial charge in [0, 0.05) is 56.6 Å². The molecule has 152 valence electrons. The van der Waals surface area contributed by atoms with E-state index in [-0.39, 0.29) is 24.2 Å². The van der Waals surface area contributed by atoms with Crippen LogP contribution in [0.4, 0.5) is 11.4 Å². The molecule has 2 aliphatic heterocycles. The summed E-state index contributed by atoms with van der Waals surface area (Å²) in [6.07, 6.45) is 0.272. The first kappa shape index (κ1) is 19.3. The Bertz CT molecular complexity index is 906. The Hall–Kier alpha value is -3.02. The number of carbonyl (C=O) groups excluding carboxylic acids is 2. The van der Waals surface area contributed by atoms with Crippen molar-refractivity contribution in [1.82, 2.24) is 4.90 Å². The topological polar surface area (TPSA) is 53.1 Å². The monoisotopic (exact) mass is 393 g/mol. The first-order valence-electron chi connectivity index (χ1n) is 10.1. The normalized spacial score (nSPS) is 19.6. The van der Waals surface area contributed by atoms with Crippen molar-refractivity contribution in [3.8, 4) is 5.75 Å². The number of nitrogens with zero attached hydrogens (tertiary/aromatic N) is 3. The SMILES string of the molecule is COc1cccc(N2C[C@H](C(=O)N3CCN(c4ccccc4C)CC3)CC2=O)c1. The van der Waals surface area contributed by atoms with Crippen LogP contribution in [0.1, 0.15) is 12.0 Å². The molecule has 1 atom stereocenters. The molecule has 2 amide bonds. The zero-order chi connectivity index (χ0) is 20.4. The zero-order valence-electron chi connectivity index (χ0n) is 17.0. The van der Waals surface area contributed by atoms with Crippen molar-refractivity contribution in [2.45, 2.75) is 13.3 Å². The van der Waals surface area contributed by atoms with Gasteiger partial charge in [-0.25, -0.2) is 0 Å². The summed E-state index contributed by atoms with van der Waals surface area (Å²) in [7, 11) is 1.60. The van der Waals surface area contributed by atoms with E-state index in [1.807, 2.05) is 35.2 Å². The maximum Gasteiger partial charge on any atom is 0.228 e. The fourth-order valence-electron chi connectivity index (χ4n) is 4.25. The lowest BCUT2D eigenvalue weighted by atomic mass is 10.1. The maximum atomic E-state index is 13.1. The van der Waals surface area contributed by atoms with E-state index < -0.39 is 0 Å². The number of piperazine rings is 1. The minimum atomic E-state index is -0.279.